The number of anilines is 1. The van der Waals surface area contributed by atoms with Gasteiger partial charge in [0.2, 0.25) is 11.8 Å². The lowest BCUT2D eigenvalue weighted by molar-refractivity contribution is -0.130. The third-order valence-electron chi connectivity index (χ3n) is 4.82. The lowest BCUT2D eigenvalue weighted by Gasteiger charge is -2.22. The van der Waals surface area contributed by atoms with E-state index in [-0.39, 0.29) is 29.9 Å². The topological polar surface area (TPSA) is 58.6 Å². The Labute approximate surface area is 142 Å². The van der Waals surface area contributed by atoms with Crippen LogP contribution in [0.3, 0.4) is 0 Å². The van der Waals surface area contributed by atoms with Gasteiger partial charge in [-0.1, -0.05) is 30.4 Å². The number of rotatable bonds is 4. The molecule has 1 aromatic carbocycles. The predicted octanol–water partition coefficient (Wildman–Crippen LogP) is 2.28. The quantitative estimate of drug-likeness (QED) is 0.863. The fraction of sp³-hybridized carbons (Fsp3) is 0.474. The van der Waals surface area contributed by atoms with Crippen molar-refractivity contribution in [1.29, 1.82) is 0 Å². The summed E-state index contributed by atoms with van der Waals surface area (Å²) in [6, 6.07) is 9.16. The number of hydrogen-bond donors (Lipinski definition) is 1. The van der Waals surface area contributed by atoms with E-state index >= 15 is 0 Å². The summed E-state index contributed by atoms with van der Waals surface area (Å²) in [4.78, 5) is 27.1. The van der Waals surface area contributed by atoms with E-state index in [0.717, 1.165) is 11.3 Å². The van der Waals surface area contributed by atoms with Gasteiger partial charge in [0, 0.05) is 18.3 Å². The van der Waals surface area contributed by atoms with Crippen LogP contribution >= 0.6 is 0 Å². The number of carbonyl (C=O) groups excluding carboxylic acids is 2. The highest BCUT2D eigenvalue weighted by Crippen LogP contribution is 2.29. The number of benzene rings is 1. The number of ether oxygens (including phenoxy) is 1. The van der Waals surface area contributed by atoms with Gasteiger partial charge >= 0.3 is 0 Å². The van der Waals surface area contributed by atoms with Crippen molar-refractivity contribution in [2.45, 2.75) is 44.9 Å². The van der Waals surface area contributed by atoms with Crippen LogP contribution in [0.25, 0.3) is 0 Å². The highest BCUT2D eigenvalue weighted by molar-refractivity contribution is 6.02. The summed E-state index contributed by atoms with van der Waals surface area (Å²) >= 11 is 0. The molecule has 0 radical (unpaired) electrons. The van der Waals surface area contributed by atoms with Crippen molar-refractivity contribution in [3.05, 3.63) is 42.5 Å². The second-order valence-electron chi connectivity index (χ2n) is 6.72. The molecule has 5 nitrogen and oxygen atoms in total. The normalized spacial score (nSPS) is 29.8. The van der Waals surface area contributed by atoms with Crippen molar-refractivity contribution >= 4 is 17.5 Å². The second kappa shape index (κ2) is 6.77. The minimum atomic E-state index is -0.473. The molecule has 0 bridgehead atoms. The fourth-order valence-corrected chi connectivity index (χ4v) is 3.65. The summed E-state index contributed by atoms with van der Waals surface area (Å²) < 4.78 is 5.60. The summed E-state index contributed by atoms with van der Waals surface area (Å²) in [7, 11) is 0. The van der Waals surface area contributed by atoms with Gasteiger partial charge < -0.3 is 15.0 Å². The van der Waals surface area contributed by atoms with Gasteiger partial charge in [-0.25, -0.2) is 0 Å². The molecule has 2 amide bonds. The van der Waals surface area contributed by atoms with Crippen LogP contribution in [-0.2, 0) is 14.3 Å². The van der Waals surface area contributed by atoms with Gasteiger partial charge in [-0.2, -0.15) is 0 Å². The molecule has 0 unspecified atom stereocenters. The van der Waals surface area contributed by atoms with Gasteiger partial charge in [0.1, 0.15) is 6.04 Å². The molecule has 1 N–H and O–H groups in total. The molecule has 2 aliphatic heterocycles. The van der Waals surface area contributed by atoms with Crippen molar-refractivity contribution < 1.29 is 14.3 Å². The smallest absolute Gasteiger partial charge is 0.249 e. The van der Waals surface area contributed by atoms with Gasteiger partial charge in [0.05, 0.1) is 12.0 Å². The third kappa shape index (κ3) is 3.08. The molecule has 0 spiro atoms. The van der Waals surface area contributed by atoms with Crippen molar-refractivity contribution in [2.75, 3.05) is 11.5 Å². The number of amides is 2. The number of para-hydroxylation sites is 1. The molecular formula is C19H24N2O3. The standard InChI is InChI=1S/C19H24N2O3/c1-12(2)17-15(9-10-24-17)18(22)20-16-11-13(3)21(19(16)23)14-7-5-4-6-8-14/h4-8,13,15-17H,1,9-11H2,2-3H3,(H,20,22)/t13-,15+,16+,17+/m0/s1. The summed E-state index contributed by atoms with van der Waals surface area (Å²) in [6.07, 6.45) is 1.04. The minimum absolute atomic E-state index is 0.0483. The lowest BCUT2D eigenvalue weighted by atomic mass is 9.95. The Morgan fingerprint density at radius 2 is 2.04 bits per heavy atom. The molecule has 1 aromatic rings. The molecular weight excluding hydrogens is 304 g/mol. The Morgan fingerprint density at radius 3 is 2.71 bits per heavy atom. The fourth-order valence-electron chi connectivity index (χ4n) is 3.65. The average Bonchev–Trinajstić information content (AvgIpc) is 3.14. The maximum Gasteiger partial charge on any atom is 0.249 e. The first-order valence-electron chi connectivity index (χ1n) is 8.44. The molecule has 3 rings (SSSR count). The highest BCUT2D eigenvalue weighted by atomic mass is 16.5. The molecule has 0 aliphatic carbocycles. The Balaban J connectivity index is 1.69. The van der Waals surface area contributed by atoms with Gasteiger partial charge in [0.25, 0.3) is 0 Å². The SMILES string of the molecule is C=C(C)[C@H]1OCC[C@H]1C(=O)N[C@@H]1C[C@H](C)N(c2ccccc2)C1=O. The Kier molecular flexibility index (Phi) is 4.71. The Bertz CT molecular complexity index is 643. The largest absolute Gasteiger partial charge is 0.373 e. The van der Waals surface area contributed by atoms with Crippen LogP contribution < -0.4 is 10.2 Å². The molecule has 2 aliphatic rings. The van der Waals surface area contributed by atoms with E-state index in [2.05, 4.69) is 11.9 Å². The predicted molar refractivity (Wildman–Crippen MR) is 92.6 cm³/mol. The molecule has 0 saturated carbocycles. The van der Waals surface area contributed by atoms with Crippen LogP contribution in [-0.4, -0.2) is 36.6 Å². The van der Waals surface area contributed by atoms with Crippen LogP contribution in [0.5, 0.6) is 0 Å². The summed E-state index contributed by atoms with van der Waals surface area (Å²) in [5.74, 6) is -0.412. The Morgan fingerprint density at radius 1 is 1.33 bits per heavy atom. The first kappa shape index (κ1) is 16.7. The van der Waals surface area contributed by atoms with E-state index in [0.29, 0.717) is 19.4 Å². The molecule has 2 saturated heterocycles. The van der Waals surface area contributed by atoms with Gasteiger partial charge in [0.15, 0.2) is 0 Å². The van der Waals surface area contributed by atoms with Crippen LogP contribution in [0.4, 0.5) is 5.69 Å². The first-order chi connectivity index (χ1) is 11.5. The maximum absolute atomic E-state index is 12.7. The maximum atomic E-state index is 12.7. The molecule has 2 fully saturated rings. The second-order valence-corrected chi connectivity index (χ2v) is 6.72. The minimum Gasteiger partial charge on any atom is -0.373 e. The van der Waals surface area contributed by atoms with Crippen LogP contribution in [0, 0.1) is 5.92 Å². The van der Waals surface area contributed by atoms with Crippen LogP contribution in [0.1, 0.15) is 26.7 Å². The van der Waals surface area contributed by atoms with Crippen LogP contribution in [0.2, 0.25) is 0 Å². The molecule has 5 heteroatoms. The van der Waals surface area contributed by atoms with Crippen molar-refractivity contribution in [2.24, 2.45) is 5.92 Å². The zero-order valence-corrected chi connectivity index (χ0v) is 14.2. The van der Waals surface area contributed by atoms with E-state index in [1.165, 1.54) is 0 Å². The van der Waals surface area contributed by atoms with E-state index in [1.54, 1.807) is 4.90 Å². The summed E-state index contributed by atoms with van der Waals surface area (Å²) in [5.41, 5.74) is 1.72. The number of nitrogens with zero attached hydrogens (tertiary/aromatic N) is 1. The van der Waals surface area contributed by atoms with Crippen molar-refractivity contribution in [1.82, 2.24) is 5.32 Å². The monoisotopic (exact) mass is 328 g/mol. The van der Waals surface area contributed by atoms with E-state index < -0.39 is 6.04 Å². The third-order valence-corrected chi connectivity index (χ3v) is 4.82. The zero-order chi connectivity index (χ0) is 17.3. The van der Waals surface area contributed by atoms with Gasteiger partial charge in [-0.15, -0.1) is 0 Å². The highest BCUT2D eigenvalue weighted by Gasteiger charge is 2.41. The number of hydrogen-bond acceptors (Lipinski definition) is 3. The number of carbonyl (C=O) groups is 2. The van der Waals surface area contributed by atoms with E-state index in [9.17, 15) is 9.59 Å². The molecule has 0 aromatic heterocycles. The molecule has 4 atom stereocenters. The van der Waals surface area contributed by atoms with Crippen molar-refractivity contribution in [3.8, 4) is 0 Å². The van der Waals surface area contributed by atoms with Gasteiger partial charge in [-0.3, -0.25) is 9.59 Å². The summed E-state index contributed by atoms with van der Waals surface area (Å²) in [5, 5.41) is 2.93. The average molecular weight is 328 g/mol. The summed E-state index contributed by atoms with van der Waals surface area (Å²) in [6.45, 7) is 8.33. The van der Waals surface area contributed by atoms with Crippen molar-refractivity contribution in [3.63, 3.8) is 0 Å². The van der Waals surface area contributed by atoms with E-state index in [1.807, 2.05) is 44.2 Å². The molecule has 24 heavy (non-hydrogen) atoms. The number of nitrogens with one attached hydrogen (secondary N) is 1. The zero-order valence-electron chi connectivity index (χ0n) is 14.2. The van der Waals surface area contributed by atoms with E-state index in [4.69, 9.17) is 4.74 Å². The van der Waals surface area contributed by atoms with Crippen LogP contribution in [0.15, 0.2) is 42.5 Å². The lowest BCUT2D eigenvalue weighted by Crippen LogP contribution is -2.45. The van der Waals surface area contributed by atoms with Gasteiger partial charge in [-0.05, 0) is 38.8 Å². The molecule has 2 heterocycles. The molecule has 128 valence electrons. The Hall–Kier alpha value is -2.14. The first-order valence-corrected chi connectivity index (χ1v) is 8.44.